The molecule has 0 aromatic carbocycles. The maximum atomic E-state index is 4.94. The molecular weight excluding hydrogens is 232 g/mol. The molecule has 1 heteroatoms. The molecule has 0 aliphatic heterocycles. The summed E-state index contributed by atoms with van der Waals surface area (Å²) >= 11 is 0. The second-order valence-electron chi connectivity index (χ2n) is 5.87. The van der Waals surface area contributed by atoms with Crippen LogP contribution >= 0.6 is 0 Å². The lowest BCUT2D eigenvalue weighted by Crippen LogP contribution is -1.90. The molecule has 0 aliphatic carbocycles. The van der Waals surface area contributed by atoms with Gasteiger partial charge in [0.05, 0.1) is 13.4 Å². The zero-order valence-corrected chi connectivity index (χ0v) is 13.6. The molecule has 0 saturated heterocycles. The van der Waals surface area contributed by atoms with Crippen LogP contribution < -0.4 is 0 Å². The molecule has 0 heterocycles. The van der Waals surface area contributed by atoms with E-state index >= 15 is 0 Å². The van der Waals surface area contributed by atoms with Gasteiger partial charge < -0.3 is 4.74 Å². The second-order valence-corrected chi connectivity index (χ2v) is 5.87. The van der Waals surface area contributed by atoms with E-state index in [-0.39, 0.29) is 0 Å². The monoisotopic (exact) mass is 268 g/mol. The second kappa shape index (κ2) is 15.6. The van der Waals surface area contributed by atoms with Crippen LogP contribution in [-0.2, 0) is 4.74 Å². The van der Waals surface area contributed by atoms with Crippen molar-refractivity contribution in [3.8, 4) is 0 Å². The quantitative estimate of drug-likeness (QED) is 0.258. The average Bonchev–Trinajstić information content (AvgIpc) is 2.42. The fourth-order valence-corrected chi connectivity index (χ4v) is 2.44. The molecule has 19 heavy (non-hydrogen) atoms. The number of ether oxygens (including phenoxy) is 1. The van der Waals surface area contributed by atoms with Crippen molar-refractivity contribution in [1.29, 1.82) is 0 Å². The number of hydrogen-bond acceptors (Lipinski definition) is 1. The first-order valence-electron chi connectivity index (χ1n) is 8.50. The van der Waals surface area contributed by atoms with Crippen molar-refractivity contribution >= 4 is 0 Å². The minimum atomic E-state index is 0.665. The third kappa shape index (κ3) is 15.5. The van der Waals surface area contributed by atoms with E-state index in [0.717, 1.165) is 0 Å². The molecule has 0 spiro atoms. The van der Waals surface area contributed by atoms with Crippen molar-refractivity contribution in [2.45, 2.75) is 90.9 Å². The van der Waals surface area contributed by atoms with Gasteiger partial charge in [-0.25, -0.2) is 0 Å². The Morgan fingerprint density at radius 1 is 0.789 bits per heavy atom. The number of unbranched alkanes of at least 4 members (excludes halogenated alkanes) is 10. The summed E-state index contributed by atoms with van der Waals surface area (Å²) < 4.78 is 4.94. The molecule has 0 aromatic rings. The zero-order chi connectivity index (χ0) is 14.2. The van der Waals surface area contributed by atoms with Crippen molar-refractivity contribution in [3.63, 3.8) is 0 Å². The molecule has 0 unspecified atom stereocenters. The first kappa shape index (κ1) is 18.5. The van der Waals surface area contributed by atoms with Gasteiger partial charge in [0, 0.05) is 0 Å². The molecular formula is C18H36O. The van der Waals surface area contributed by atoms with Gasteiger partial charge in [-0.05, 0) is 18.4 Å². The Morgan fingerprint density at radius 2 is 1.26 bits per heavy atom. The van der Waals surface area contributed by atoms with Crippen molar-refractivity contribution < 1.29 is 4.74 Å². The summed E-state index contributed by atoms with van der Waals surface area (Å²) in [5.41, 5.74) is 0. The topological polar surface area (TPSA) is 9.23 Å². The summed E-state index contributed by atoms with van der Waals surface area (Å²) in [6.45, 7) is 4.55. The Balaban J connectivity index is 3.08. The van der Waals surface area contributed by atoms with E-state index in [4.69, 9.17) is 4.74 Å². The highest BCUT2D eigenvalue weighted by atomic mass is 16.5. The van der Waals surface area contributed by atoms with Crippen LogP contribution in [-0.4, -0.2) is 7.11 Å². The van der Waals surface area contributed by atoms with Gasteiger partial charge in [0.1, 0.15) is 0 Å². The molecule has 0 rings (SSSR count). The fraction of sp³-hybridized carbons (Fsp3) is 0.889. The van der Waals surface area contributed by atoms with E-state index in [2.05, 4.69) is 19.9 Å². The lowest BCUT2D eigenvalue weighted by Gasteiger charge is -2.06. The summed E-state index contributed by atoms with van der Waals surface area (Å²) in [6, 6.07) is 0. The Hall–Kier alpha value is -0.460. The van der Waals surface area contributed by atoms with Gasteiger partial charge in [-0.15, -0.1) is 0 Å². The Morgan fingerprint density at radius 3 is 1.74 bits per heavy atom. The largest absolute Gasteiger partial charge is 0.505 e. The molecule has 0 aliphatic rings. The Labute approximate surface area is 121 Å². The lowest BCUT2D eigenvalue weighted by molar-refractivity contribution is 0.333. The fourth-order valence-electron chi connectivity index (χ4n) is 2.44. The number of methoxy groups -OCH3 is 1. The van der Waals surface area contributed by atoms with Crippen molar-refractivity contribution in [2.24, 2.45) is 5.92 Å². The average molecular weight is 268 g/mol. The molecule has 0 saturated carbocycles. The van der Waals surface area contributed by atoms with E-state index in [1.165, 1.54) is 77.0 Å². The third-order valence-corrected chi connectivity index (χ3v) is 3.81. The van der Waals surface area contributed by atoms with Gasteiger partial charge in [0.2, 0.25) is 0 Å². The highest BCUT2D eigenvalue weighted by Crippen LogP contribution is 2.14. The summed E-state index contributed by atoms with van der Waals surface area (Å²) in [6.07, 6.45) is 21.0. The van der Waals surface area contributed by atoms with Gasteiger partial charge in [-0.1, -0.05) is 84.5 Å². The SMILES string of the molecule is CCCCCCCCCCCCC[C@@H](C)/C=C/OC. The molecule has 0 N–H and O–H groups in total. The molecule has 0 aromatic heterocycles. The molecule has 0 radical (unpaired) electrons. The van der Waals surface area contributed by atoms with Crippen LogP contribution in [0.3, 0.4) is 0 Å². The summed E-state index contributed by atoms with van der Waals surface area (Å²) in [5, 5.41) is 0. The highest BCUT2D eigenvalue weighted by Gasteiger charge is 1.97. The lowest BCUT2D eigenvalue weighted by atomic mass is 10.0. The highest BCUT2D eigenvalue weighted by molar-refractivity contribution is 4.79. The molecule has 1 nitrogen and oxygen atoms in total. The van der Waals surface area contributed by atoms with E-state index in [1.54, 1.807) is 7.11 Å². The van der Waals surface area contributed by atoms with Gasteiger partial charge in [-0.2, -0.15) is 0 Å². The standard InChI is InChI=1S/C18H36O/c1-4-5-6-7-8-9-10-11-12-13-14-15-18(2)16-17-19-3/h16-18H,4-15H2,1-3H3/b17-16+/t18-/m1/s1. The third-order valence-electron chi connectivity index (χ3n) is 3.81. The Bertz CT molecular complexity index is 186. The maximum absolute atomic E-state index is 4.94. The molecule has 0 bridgehead atoms. The van der Waals surface area contributed by atoms with Gasteiger partial charge >= 0.3 is 0 Å². The van der Waals surface area contributed by atoms with Gasteiger partial charge in [0.15, 0.2) is 0 Å². The summed E-state index contributed by atoms with van der Waals surface area (Å²) in [4.78, 5) is 0. The van der Waals surface area contributed by atoms with Gasteiger partial charge in [-0.3, -0.25) is 0 Å². The predicted octanol–water partition coefficient (Wildman–Crippen LogP) is 6.48. The Kier molecular flexibility index (Phi) is 15.2. The molecule has 0 fully saturated rings. The van der Waals surface area contributed by atoms with Crippen molar-refractivity contribution in [1.82, 2.24) is 0 Å². The van der Waals surface area contributed by atoms with Crippen LogP contribution in [0.1, 0.15) is 90.9 Å². The van der Waals surface area contributed by atoms with Crippen molar-refractivity contribution in [2.75, 3.05) is 7.11 Å². The molecule has 114 valence electrons. The molecule has 0 amide bonds. The summed E-state index contributed by atoms with van der Waals surface area (Å²) in [7, 11) is 1.71. The minimum Gasteiger partial charge on any atom is -0.505 e. The number of hydrogen-bond donors (Lipinski definition) is 0. The van der Waals surface area contributed by atoms with E-state index in [9.17, 15) is 0 Å². The summed E-state index contributed by atoms with van der Waals surface area (Å²) in [5.74, 6) is 0.665. The maximum Gasteiger partial charge on any atom is 0.0787 e. The predicted molar refractivity (Wildman–Crippen MR) is 86.4 cm³/mol. The smallest absolute Gasteiger partial charge is 0.0787 e. The van der Waals surface area contributed by atoms with Crippen LogP contribution in [0.15, 0.2) is 12.3 Å². The van der Waals surface area contributed by atoms with Crippen molar-refractivity contribution in [3.05, 3.63) is 12.3 Å². The van der Waals surface area contributed by atoms with Crippen LogP contribution in [0.4, 0.5) is 0 Å². The number of allylic oxidation sites excluding steroid dienone is 1. The number of rotatable bonds is 14. The normalized spacial score (nSPS) is 13.0. The first-order chi connectivity index (χ1) is 9.31. The van der Waals surface area contributed by atoms with Gasteiger partial charge in [0.25, 0.3) is 0 Å². The van der Waals surface area contributed by atoms with E-state index < -0.39 is 0 Å². The first-order valence-corrected chi connectivity index (χ1v) is 8.50. The van der Waals surface area contributed by atoms with Crippen LogP contribution in [0.2, 0.25) is 0 Å². The van der Waals surface area contributed by atoms with E-state index in [0.29, 0.717) is 5.92 Å². The van der Waals surface area contributed by atoms with Crippen LogP contribution in [0, 0.1) is 5.92 Å². The van der Waals surface area contributed by atoms with Crippen LogP contribution in [0.25, 0.3) is 0 Å². The van der Waals surface area contributed by atoms with Crippen LogP contribution in [0.5, 0.6) is 0 Å². The zero-order valence-electron chi connectivity index (χ0n) is 13.6. The molecule has 1 atom stereocenters. The van der Waals surface area contributed by atoms with E-state index in [1.807, 2.05) is 6.26 Å². The minimum absolute atomic E-state index is 0.665.